The van der Waals surface area contributed by atoms with Gasteiger partial charge in [-0.2, -0.15) is 4.31 Å². The molecule has 0 aromatic heterocycles. The molecular formula is C22H30N2O3S. The zero-order valence-electron chi connectivity index (χ0n) is 17.2. The molecule has 152 valence electrons. The minimum absolute atomic E-state index is 0.279. The summed E-state index contributed by atoms with van der Waals surface area (Å²) < 4.78 is 33.9. The van der Waals surface area contributed by atoms with Crippen molar-refractivity contribution in [2.75, 3.05) is 37.7 Å². The molecule has 1 fully saturated rings. The van der Waals surface area contributed by atoms with E-state index in [1.807, 2.05) is 19.9 Å². The summed E-state index contributed by atoms with van der Waals surface area (Å²) in [5, 5.41) is 0. The fourth-order valence-electron chi connectivity index (χ4n) is 3.53. The number of nitrogens with zero attached hydrogens (tertiary/aromatic N) is 2. The first kappa shape index (κ1) is 20.7. The average molecular weight is 403 g/mol. The molecule has 5 nitrogen and oxygen atoms in total. The van der Waals surface area contributed by atoms with Gasteiger partial charge in [0.25, 0.3) is 0 Å². The number of sulfonamides is 1. The van der Waals surface area contributed by atoms with Crippen LogP contribution in [0.5, 0.6) is 5.75 Å². The number of hydrogen-bond donors (Lipinski definition) is 0. The smallest absolute Gasteiger partial charge is 0.246 e. The van der Waals surface area contributed by atoms with Gasteiger partial charge in [0.2, 0.25) is 10.0 Å². The van der Waals surface area contributed by atoms with Gasteiger partial charge in [-0.25, -0.2) is 8.42 Å². The molecule has 0 radical (unpaired) electrons. The topological polar surface area (TPSA) is 49.9 Å². The number of anilines is 1. The molecule has 0 saturated carbocycles. The van der Waals surface area contributed by atoms with Gasteiger partial charge in [0, 0.05) is 31.9 Å². The Hall–Kier alpha value is -2.05. The highest BCUT2D eigenvalue weighted by atomic mass is 32.2. The molecule has 1 saturated heterocycles. The first-order valence-corrected chi connectivity index (χ1v) is 11.3. The molecule has 28 heavy (non-hydrogen) atoms. The van der Waals surface area contributed by atoms with Crippen LogP contribution in [0.25, 0.3) is 0 Å². The maximum absolute atomic E-state index is 13.3. The van der Waals surface area contributed by atoms with E-state index in [4.69, 9.17) is 4.74 Å². The van der Waals surface area contributed by atoms with E-state index in [1.165, 1.54) is 16.8 Å². The van der Waals surface area contributed by atoms with Gasteiger partial charge in [0.05, 0.1) is 6.61 Å². The van der Waals surface area contributed by atoms with Crippen LogP contribution in [0, 0.1) is 20.8 Å². The highest BCUT2D eigenvalue weighted by Gasteiger charge is 2.31. The van der Waals surface area contributed by atoms with E-state index in [0.29, 0.717) is 38.5 Å². The maximum Gasteiger partial charge on any atom is 0.246 e. The molecule has 0 aliphatic carbocycles. The van der Waals surface area contributed by atoms with Gasteiger partial charge in [0.1, 0.15) is 10.6 Å². The number of rotatable bonds is 6. The molecule has 3 rings (SSSR count). The molecular weight excluding hydrogens is 372 g/mol. The van der Waals surface area contributed by atoms with Crippen LogP contribution in [-0.2, 0) is 10.0 Å². The van der Waals surface area contributed by atoms with Crippen molar-refractivity contribution < 1.29 is 13.2 Å². The second-order valence-electron chi connectivity index (χ2n) is 7.41. The third kappa shape index (κ3) is 4.18. The monoisotopic (exact) mass is 402 g/mol. The SMILES string of the molecule is CCCOc1ccc(C)cc1S(=O)(=O)N1CCN(c2cccc(C)c2C)CC1. The summed E-state index contributed by atoms with van der Waals surface area (Å²) >= 11 is 0. The van der Waals surface area contributed by atoms with Crippen molar-refractivity contribution in [2.24, 2.45) is 0 Å². The fraction of sp³-hybridized carbons (Fsp3) is 0.455. The summed E-state index contributed by atoms with van der Waals surface area (Å²) in [6, 6.07) is 11.7. The Bertz CT molecular complexity index is 933. The van der Waals surface area contributed by atoms with E-state index in [0.717, 1.165) is 12.0 Å². The third-order valence-electron chi connectivity index (χ3n) is 5.33. The van der Waals surface area contributed by atoms with Crippen molar-refractivity contribution >= 4 is 15.7 Å². The molecule has 2 aromatic rings. The highest BCUT2D eigenvalue weighted by molar-refractivity contribution is 7.89. The molecule has 1 aliphatic heterocycles. The summed E-state index contributed by atoms with van der Waals surface area (Å²) in [5.74, 6) is 0.449. The maximum atomic E-state index is 13.3. The lowest BCUT2D eigenvalue weighted by Gasteiger charge is -2.36. The zero-order valence-corrected chi connectivity index (χ0v) is 18.1. The molecule has 1 heterocycles. The number of piperazine rings is 1. The van der Waals surface area contributed by atoms with Crippen molar-refractivity contribution in [1.29, 1.82) is 0 Å². The number of ether oxygens (including phenoxy) is 1. The van der Waals surface area contributed by atoms with Crippen LogP contribution in [0.3, 0.4) is 0 Å². The lowest BCUT2D eigenvalue weighted by Crippen LogP contribution is -2.49. The molecule has 0 N–H and O–H groups in total. The second kappa shape index (κ2) is 8.53. The molecule has 0 amide bonds. The van der Waals surface area contributed by atoms with Crippen LogP contribution >= 0.6 is 0 Å². The average Bonchev–Trinajstić information content (AvgIpc) is 2.69. The Morgan fingerprint density at radius 1 is 1.00 bits per heavy atom. The third-order valence-corrected chi connectivity index (χ3v) is 7.25. The number of hydrogen-bond acceptors (Lipinski definition) is 4. The molecule has 1 aliphatic rings. The summed E-state index contributed by atoms with van der Waals surface area (Å²) in [7, 11) is -3.59. The van der Waals surface area contributed by atoms with Crippen molar-refractivity contribution in [1.82, 2.24) is 4.31 Å². The molecule has 0 unspecified atom stereocenters. The van der Waals surface area contributed by atoms with Crippen LogP contribution in [-0.4, -0.2) is 45.5 Å². The summed E-state index contributed by atoms with van der Waals surface area (Å²) in [6.45, 7) is 10.9. The Labute approximate surface area is 169 Å². The largest absolute Gasteiger partial charge is 0.492 e. The van der Waals surface area contributed by atoms with Crippen molar-refractivity contribution in [3.8, 4) is 5.75 Å². The van der Waals surface area contributed by atoms with Gasteiger partial charge in [0.15, 0.2) is 0 Å². The second-order valence-corrected chi connectivity index (χ2v) is 9.32. The quantitative estimate of drug-likeness (QED) is 0.735. The number of aryl methyl sites for hydroxylation is 2. The first-order valence-electron chi connectivity index (χ1n) is 9.89. The standard InChI is InChI=1S/C22H30N2O3S/c1-5-15-27-21-10-9-17(2)16-22(21)28(25,26)24-13-11-23(12-14-24)20-8-6-7-18(3)19(20)4/h6-10,16H,5,11-15H2,1-4H3. The molecule has 2 aromatic carbocycles. The predicted octanol–water partition coefficient (Wildman–Crippen LogP) is 3.91. The van der Waals surface area contributed by atoms with E-state index in [-0.39, 0.29) is 4.90 Å². The highest BCUT2D eigenvalue weighted by Crippen LogP contribution is 2.30. The van der Waals surface area contributed by atoms with E-state index in [9.17, 15) is 8.42 Å². The van der Waals surface area contributed by atoms with Crippen LogP contribution in [0.2, 0.25) is 0 Å². The normalized spacial score (nSPS) is 15.6. The van der Waals surface area contributed by atoms with Gasteiger partial charge in [-0.1, -0.05) is 25.1 Å². The Morgan fingerprint density at radius 2 is 1.71 bits per heavy atom. The summed E-state index contributed by atoms with van der Waals surface area (Å²) in [6.07, 6.45) is 0.835. The van der Waals surface area contributed by atoms with E-state index in [2.05, 4.69) is 36.9 Å². The van der Waals surface area contributed by atoms with Gasteiger partial charge in [-0.3, -0.25) is 0 Å². The zero-order chi connectivity index (χ0) is 20.3. The lowest BCUT2D eigenvalue weighted by molar-refractivity contribution is 0.307. The molecule has 0 spiro atoms. The fourth-order valence-corrected chi connectivity index (χ4v) is 5.17. The Kier molecular flexibility index (Phi) is 6.30. The van der Waals surface area contributed by atoms with Gasteiger partial charge < -0.3 is 9.64 Å². The summed E-state index contributed by atoms with van der Waals surface area (Å²) in [5.41, 5.74) is 4.62. The van der Waals surface area contributed by atoms with Crippen molar-refractivity contribution in [3.05, 3.63) is 53.1 Å². The van der Waals surface area contributed by atoms with Gasteiger partial charge in [-0.15, -0.1) is 0 Å². The predicted molar refractivity (Wildman–Crippen MR) is 114 cm³/mol. The van der Waals surface area contributed by atoms with Crippen LogP contribution in [0.15, 0.2) is 41.3 Å². The Morgan fingerprint density at radius 3 is 2.39 bits per heavy atom. The lowest BCUT2D eigenvalue weighted by atomic mass is 10.1. The minimum atomic E-state index is -3.59. The van der Waals surface area contributed by atoms with E-state index >= 15 is 0 Å². The van der Waals surface area contributed by atoms with E-state index < -0.39 is 10.0 Å². The minimum Gasteiger partial charge on any atom is -0.492 e. The Balaban J connectivity index is 1.80. The summed E-state index contributed by atoms with van der Waals surface area (Å²) in [4.78, 5) is 2.56. The first-order chi connectivity index (χ1) is 13.3. The van der Waals surface area contributed by atoms with Crippen LogP contribution in [0.1, 0.15) is 30.0 Å². The van der Waals surface area contributed by atoms with Gasteiger partial charge >= 0.3 is 0 Å². The van der Waals surface area contributed by atoms with Crippen LogP contribution in [0.4, 0.5) is 5.69 Å². The van der Waals surface area contributed by atoms with Crippen LogP contribution < -0.4 is 9.64 Å². The number of benzene rings is 2. The molecule has 0 atom stereocenters. The van der Waals surface area contributed by atoms with Crippen molar-refractivity contribution in [2.45, 2.75) is 39.0 Å². The van der Waals surface area contributed by atoms with Crippen molar-refractivity contribution in [3.63, 3.8) is 0 Å². The molecule has 6 heteroatoms. The van der Waals surface area contributed by atoms with Gasteiger partial charge in [-0.05, 0) is 62.1 Å². The molecule has 0 bridgehead atoms. The van der Waals surface area contributed by atoms with E-state index in [1.54, 1.807) is 16.4 Å².